The van der Waals surface area contributed by atoms with E-state index in [-0.39, 0.29) is 0 Å². The molecule has 0 aromatic carbocycles. The second-order valence-electron chi connectivity index (χ2n) is 17.3. The van der Waals surface area contributed by atoms with E-state index < -0.39 is 0 Å². The van der Waals surface area contributed by atoms with Gasteiger partial charge in [-0.05, 0) is 84.8 Å². The minimum atomic E-state index is 0.721. The van der Waals surface area contributed by atoms with Crippen molar-refractivity contribution in [2.24, 2.45) is 0 Å². The Kier molecular flexibility index (Phi) is 37.9. The van der Waals surface area contributed by atoms with E-state index in [1.165, 1.54) is 277 Å². The van der Waals surface area contributed by atoms with E-state index in [0.29, 0.717) is 0 Å². The van der Waals surface area contributed by atoms with Crippen LogP contribution in [-0.4, -0.2) is 73.1 Å². The molecule has 0 amide bonds. The molecule has 3 heteroatoms. The fraction of sp³-hybridized carbons (Fsp3) is 1.00. The van der Waals surface area contributed by atoms with Gasteiger partial charge in [-0.3, -0.25) is 4.90 Å². The molecule has 0 N–H and O–H groups in total. The Labute approximate surface area is 324 Å². The highest BCUT2D eigenvalue weighted by Gasteiger charge is 2.21. The number of rotatable bonds is 40. The van der Waals surface area contributed by atoms with E-state index in [0.717, 1.165) is 6.04 Å². The molecule has 1 atom stereocenters. The van der Waals surface area contributed by atoms with Gasteiger partial charge >= 0.3 is 0 Å². The lowest BCUT2D eigenvalue weighted by molar-refractivity contribution is 0.179. The monoisotopic (exact) mass is 718 g/mol. The molecular formula is C48H99N3. The molecular weight excluding hydrogens is 619 g/mol. The van der Waals surface area contributed by atoms with Crippen molar-refractivity contribution in [1.29, 1.82) is 0 Å². The standard InChI is InChI=1S/C48H99N3/c1-5-8-11-14-17-20-23-24-25-28-31-34-37-45-51-46-39-44-50(47-48(51)4)43-38-42-49(40-35-32-29-26-21-18-15-12-9-6-2)41-36-33-30-27-22-19-16-13-10-7-3/h48H,5-47H2,1-4H3. The van der Waals surface area contributed by atoms with Gasteiger partial charge in [0, 0.05) is 12.6 Å². The third-order valence-corrected chi connectivity index (χ3v) is 12.2. The zero-order chi connectivity index (χ0) is 36.7. The summed E-state index contributed by atoms with van der Waals surface area (Å²) in [6, 6.07) is 0.721. The van der Waals surface area contributed by atoms with Gasteiger partial charge in [-0.2, -0.15) is 0 Å². The molecule has 3 nitrogen and oxygen atoms in total. The average Bonchev–Trinajstić information content (AvgIpc) is 3.31. The molecule has 1 fully saturated rings. The van der Waals surface area contributed by atoms with Gasteiger partial charge in [0.05, 0.1) is 0 Å². The van der Waals surface area contributed by atoms with Crippen molar-refractivity contribution in [3.05, 3.63) is 0 Å². The molecule has 306 valence electrons. The molecule has 0 radical (unpaired) electrons. The van der Waals surface area contributed by atoms with Gasteiger partial charge in [-0.1, -0.05) is 213 Å². The first-order chi connectivity index (χ1) is 25.2. The van der Waals surface area contributed by atoms with Crippen LogP contribution in [0.25, 0.3) is 0 Å². The van der Waals surface area contributed by atoms with E-state index in [9.17, 15) is 0 Å². The largest absolute Gasteiger partial charge is 0.303 e. The Balaban J connectivity index is 2.24. The highest BCUT2D eigenvalue weighted by Crippen LogP contribution is 2.17. The average molecular weight is 718 g/mol. The molecule has 1 unspecified atom stereocenters. The Bertz CT molecular complexity index is 628. The van der Waals surface area contributed by atoms with Gasteiger partial charge in [-0.25, -0.2) is 0 Å². The number of nitrogens with zero attached hydrogens (tertiary/aromatic N) is 3. The maximum atomic E-state index is 2.87. The van der Waals surface area contributed by atoms with Crippen LogP contribution in [0, 0.1) is 0 Å². The maximum absolute atomic E-state index is 2.87. The molecule has 1 aliphatic heterocycles. The van der Waals surface area contributed by atoms with Crippen molar-refractivity contribution in [1.82, 2.24) is 14.7 Å². The van der Waals surface area contributed by atoms with Crippen LogP contribution in [0.3, 0.4) is 0 Å². The second-order valence-corrected chi connectivity index (χ2v) is 17.3. The van der Waals surface area contributed by atoms with E-state index in [4.69, 9.17) is 0 Å². The normalized spacial score (nSPS) is 16.1. The first kappa shape index (κ1) is 48.9. The van der Waals surface area contributed by atoms with Crippen LogP contribution in [-0.2, 0) is 0 Å². The van der Waals surface area contributed by atoms with Gasteiger partial charge in [0.15, 0.2) is 0 Å². The summed E-state index contributed by atoms with van der Waals surface area (Å²) in [6.45, 7) is 20.1. The molecule has 0 aromatic rings. The summed E-state index contributed by atoms with van der Waals surface area (Å²) >= 11 is 0. The van der Waals surface area contributed by atoms with E-state index >= 15 is 0 Å². The maximum Gasteiger partial charge on any atom is 0.0194 e. The molecule has 0 spiro atoms. The molecule has 0 aromatic heterocycles. The minimum absolute atomic E-state index is 0.721. The molecule has 0 bridgehead atoms. The van der Waals surface area contributed by atoms with Crippen molar-refractivity contribution in [2.45, 2.75) is 258 Å². The van der Waals surface area contributed by atoms with Crippen molar-refractivity contribution in [3.8, 4) is 0 Å². The van der Waals surface area contributed by atoms with Crippen LogP contribution in [0.1, 0.15) is 252 Å². The third kappa shape index (κ3) is 33.0. The molecule has 51 heavy (non-hydrogen) atoms. The lowest BCUT2D eigenvalue weighted by Crippen LogP contribution is -2.40. The summed E-state index contributed by atoms with van der Waals surface area (Å²) in [5.41, 5.74) is 0. The Morgan fingerprint density at radius 1 is 0.373 bits per heavy atom. The Morgan fingerprint density at radius 2 is 0.706 bits per heavy atom. The first-order valence-corrected chi connectivity index (χ1v) is 24.4. The van der Waals surface area contributed by atoms with E-state index in [1.54, 1.807) is 0 Å². The summed E-state index contributed by atoms with van der Waals surface area (Å²) in [5, 5.41) is 0. The fourth-order valence-electron chi connectivity index (χ4n) is 8.67. The van der Waals surface area contributed by atoms with Crippen molar-refractivity contribution in [3.63, 3.8) is 0 Å². The predicted molar refractivity (Wildman–Crippen MR) is 233 cm³/mol. The Hall–Kier alpha value is -0.120. The highest BCUT2D eigenvalue weighted by molar-refractivity contribution is 4.77. The highest BCUT2D eigenvalue weighted by atomic mass is 15.2. The quantitative estimate of drug-likeness (QED) is 0.0584. The SMILES string of the molecule is CCCCCCCCCCCCCCCN1CCCN(CCCN(CCCCCCCCCCCC)CCCCCCCCCCCC)CC1C. The molecule has 1 saturated heterocycles. The predicted octanol–water partition coefficient (Wildman–Crippen LogP) is 15.0. The zero-order valence-corrected chi connectivity index (χ0v) is 36.3. The minimum Gasteiger partial charge on any atom is -0.303 e. The van der Waals surface area contributed by atoms with Crippen LogP contribution in [0.15, 0.2) is 0 Å². The Morgan fingerprint density at radius 3 is 1.10 bits per heavy atom. The van der Waals surface area contributed by atoms with Gasteiger partial charge < -0.3 is 9.80 Å². The van der Waals surface area contributed by atoms with Crippen molar-refractivity contribution in [2.75, 3.05) is 52.4 Å². The summed E-state index contributed by atoms with van der Waals surface area (Å²) in [7, 11) is 0. The molecule has 1 rings (SSSR count). The van der Waals surface area contributed by atoms with Gasteiger partial charge in [0.1, 0.15) is 0 Å². The first-order valence-electron chi connectivity index (χ1n) is 24.4. The lowest BCUT2D eigenvalue weighted by Gasteiger charge is -2.29. The van der Waals surface area contributed by atoms with Crippen molar-refractivity contribution >= 4 is 0 Å². The second kappa shape index (κ2) is 39.6. The lowest BCUT2D eigenvalue weighted by atomic mass is 10.0. The van der Waals surface area contributed by atoms with Crippen LogP contribution >= 0.6 is 0 Å². The molecule has 0 aliphatic carbocycles. The number of hydrogen-bond acceptors (Lipinski definition) is 3. The van der Waals surface area contributed by atoms with Crippen LogP contribution < -0.4 is 0 Å². The number of hydrogen-bond donors (Lipinski definition) is 0. The summed E-state index contributed by atoms with van der Waals surface area (Å²) in [6.07, 6.45) is 50.5. The summed E-state index contributed by atoms with van der Waals surface area (Å²) in [4.78, 5) is 8.53. The van der Waals surface area contributed by atoms with Gasteiger partial charge in [0.25, 0.3) is 0 Å². The van der Waals surface area contributed by atoms with Gasteiger partial charge in [-0.15, -0.1) is 0 Å². The van der Waals surface area contributed by atoms with E-state index in [1.807, 2.05) is 0 Å². The summed E-state index contributed by atoms with van der Waals surface area (Å²) < 4.78 is 0. The third-order valence-electron chi connectivity index (χ3n) is 12.2. The molecule has 0 saturated carbocycles. The zero-order valence-electron chi connectivity index (χ0n) is 36.3. The molecule has 1 heterocycles. The fourth-order valence-corrected chi connectivity index (χ4v) is 8.67. The van der Waals surface area contributed by atoms with Gasteiger partial charge in [0.2, 0.25) is 0 Å². The van der Waals surface area contributed by atoms with Crippen molar-refractivity contribution < 1.29 is 0 Å². The van der Waals surface area contributed by atoms with E-state index in [2.05, 4.69) is 42.4 Å². The van der Waals surface area contributed by atoms with Crippen LogP contribution in [0.2, 0.25) is 0 Å². The molecule has 1 aliphatic rings. The summed E-state index contributed by atoms with van der Waals surface area (Å²) in [5.74, 6) is 0. The number of unbranched alkanes of at least 4 members (excludes halogenated alkanes) is 30. The smallest absolute Gasteiger partial charge is 0.0194 e. The topological polar surface area (TPSA) is 9.72 Å². The van der Waals surface area contributed by atoms with Crippen LogP contribution in [0.5, 0.6) is 0 Å². The van der Waals surface area contributed by atoms with Crippen LogP contribution in [0.4, 0.5) is 0 Å².